The van der Waals surface area contributed by atoms with Gasteiger partial charge in [-0.3, -0.25) is 9.80 Å². The van der Waals surface area contributed by atoms with Gasteiger partial charge in [-0.2, -0.15) is 0 Å². The highest BCUT2D eigenvalue weighted by molar-refractivity contribution is 5.52. The molecular formula is C22H25N3O3. The van der Waals surface area contributed by atoms with E-state index in [1.165, 1.54) is 5.56 Å². The molecule has 3 aliphatic heterocycles. The lowest BCUT2D eigenvalue weighted by atomic mass is 10.0. The highest BCUT2D eigenvalue weighted by Gasteiger charge is 2.39. The van der Waals surface area contributed by atoms with Gasteiger partial charge in [0.25, 0.3) is 5.88 Å². The first-order valence-electron chi connectivity index (χ1n) is 10.00. The molecule has 0 radical (unpaired) electrons. The van der Waals surface area contributed by atoms with Gasteiger partial charge in [0.2, 0.25) is 0 Å². The number of likely N-dealkylation sites (tertiary alicyclic amines) is 2. The van der Waals surface area contributed by atoms with Crippen LogP contribution in [0.3, 0.4) is 0 Å². The summed E-state index contributed by atoms with van der Waals surface area (Å²) in [6.07, 6.45) is 2.62. The molecule has 0 spiro atoms. The molecule has 146 valence electrons. The Morgan fingerprint density at radius 3 is 2.54 bits per heavy atom. The number of nitrogens with zero attached hydrogens (tertiary/aromatic N) is 3. The number of fused-ring (bicyclic) bond motifs is 2. The van der Waals surface area contributed by atoms with Crippen molar-refractivity contribution in [3.8, 4) is 11.6 Å². The molecule has 0 bridgehead atoms. The number of aldehydes is 1. The summed E-state index contributed by atoms with van der Waals surface area (Å²) in [4.78, 5) is 19.8. The largest absolute Gasteiger partial charge is 0.484 e. The summed E-state index contributed by atoms with van der Waals surface area (Å²) in [5.41, 5.74) is 2.44. The van der Waals surface area contributed by atoms with Gasteiger partial charge < -0.3 is 14.3 Å². The van der Waals surface area contributed by atoms with E-state index in [2.05, 4.69) is 39.0 Å². The first kappa shape index (κ1) is 17.6. The van der Waals surface area contributed by atoms with Gasteiger partial charge >= 0.3 is 0 Å². The van der Waals surface area contributed by atoms with Crippen molar-refractivity contribution in [2.24, 2.45) is 11.8 Å². The van der Waals surface area contributed by atoms with E-state index in [-0.39, 0.29) is 6.10 Å². The Kier molecular flexibility index (Phi) is 4.74. The minimum atomic E-state index is -0.119. The van der Waals surface area contributed by atoms with Crippen LogP contribution in [-0.2, 0) is 11.3 Å². The van der Waals surface area contributed by atoms with Gasteiger partial charge in [0.05, 0.1) is 6.54 Å². The van der Waals surface area contributed by atoms with Crippen LogP contribution in [0.1, 0.15) is 17.2 Å². The fraction of sp³-hybridized carbons (Fsp3) is 0.455. The van der Waals surface area contributed by atoms with Gasteiger partial charge in [0, 0.05) is 38.9 Å². The molecule has 6 nitrogen and oxygen atoms in total. The smallest absolute Gasteiger partial charge is 0.257 e. The number of hydrogen-bond donors (Lipinski definition) is 0. The predicted molar refractivity (Wildman–Crippen MR) is 104 cm³/mol. The Morgan fingerprint density at radius 1 is 1.04 bits per heavy atom. The summed E-state index contributed by atoms with van der Waals surface area (Å²) >= 11 is 0. The number of carbonyl (C=O) groups is 1. The fourth-order valence-electron chi connectivity index (χ4n) is 4.74. The number of aromatic nitrogens is 1. The second-order valence-electron chi connectivity index (χ2n) is 8.07. The van der Waals surface area contributed by atoms with Gasteiger partial charge in [-0.15, -0.1) is 0 Å². The SMILES string of the molecule is O=CCN1CC2CN(Cc3ccc([C@H]4COc5cccnc5O4)cc3)CC2C1. The fourth-order valence-corrected chi connectivity index (χ4v) is 4.74. The lowest BCUT2D eigenvalue weighted by Gasteiger charge is -2.26. The van der Waals surface area contributed by atoms with Gasteiger partial charge in [-0.25, -0.2) is 4.98 Å². The lowest BCUT2D eigenvalue weighted by Crippen LogP contribution is -2.29. The van der Waals surface area contributed by atoms with Crippen molar-refractivity contribution < 1.29 is 14.3 Å². The molecule has 2 fully saturated rings. The summed E-state index contributed by atoms with van der Waals surface area (Å²) in [5.74, 6) is 2.69. The number of carbonyl (C=O) groups excluding carboxylic acids is 1. The molecule has 1 aromatic carbocycles. The summed E-state index contributed by atoms with van der Waals surface area (Å²) in [7, 11) is 0. The molecule has 3 aliphatic rings. The second-order valence-corrected chi connectivity index (χ2v) is 8.07. The van der Waals surface area contributed by atoms with Crippen LogP contribution in [0.5, 0.6) is 11.6 Å². The standard InChI is InChI=1S/C22H25N3O3/c26-9-8-24-11-18-13-25(14-19(18)12-24)10-16-3-5-17(6-4-16)21-15-27-20-2-1-7-23-22(20)28-21/h1-7,9,18-19,21H,8,10-15H2/t18?,19?,21-/m1/s1. The maximum atomic E-state index is 10.7. The van der Waals surface area contributed by atoms with E-state index in [0.717, 1.165) is 44.6 Å². The first-order chi connectivity index (χ1) is 13.8. The number of ether oxygens (including phenoxy) is 2. The molecule has 28 heavy (non-hydrogen) atoms. The summed E-state index contributed by atoms with van der Waals surface area (Å²) < 4.78 is 11.8. The molecule has 3 atom stereocenters. The molecule has 2 aromatic rings. The highest BCUT2D eigenvalue weighted by Crippen LogP contribution is 2.34. The van der Waals surface area contributed by atoms with E-state index in [4.69, 9.17) is 9.47 Å². The van der Waals surface area contributed by atoms with Gasteiger partial charge in [0.1, 0.15) is 12.9 Å². The van der Waals surface area contributed by atoms with Gasteiger partial charge in [0.15, 0.2) is 11.9 Å². The Balaban J connectivity index is 1.18. The normalized spacial score (nSPS) is 26.9. The van der Waals surface area contributed by atoms with Crippen LogP contribution in [0.4, 0.5) is 0 Å². The monoisotopic (exact) mass is 379 g/mol. The summed E-state index contributed by atoms with van der Waals surface area (Å²) in [5, 5.41) is 0. The van der Waals surface area contributed by atoms with Crippen LogP contribution < -0.4 is 9.47 Å². The second kappa shape index (κ2) is 7.53. The Morgan fingerprint density at radius 2 is 1.79 bits per heavy atom. The average molecular weight is 379 g/mol. The molecule has 5 rings (SSSR count). The Labute approximate surface area is 165 Å². The van der Waals surface area contributed by atoms with Crippen LogP contribution in [0.25, 0.3) is 0 Å². The van der Waals surface area contributed by atoms with Crippen molar-refractivity contribution in [2.45, 2.75) is 12.6 Å². The first-order valence-corrected chi connectivity index (χ1v) is 10.00. The number of benzene rings is 1. The zero-order valence-corrected chi connectivity index (χ0v) is 15.9. The van der Waals surface area contributed by atoms with E-state index >= 15 is 0 Å². The van der Waals surface area contributed by atoms with Crippen molar-refractivity contribution >= 4 is 6.29 Å². The Hall–Kier alpha value is -2.44. The van der Waals surface area contributed by atoms with Gasteiger partial charge in [-0.05, 0) is 35.1 Å². The van der Waals surface area contributed by atoms with E-state index in [1.807, 2.05) is 12.1 Å². The van der Waals surface area contributed by atoms with E-state index in [9.17, 15) is 4.79 Å². The third-order valence-electron chi connectivity index (χ3n) is 6.11. The molecule has 6 heteroatoms. The van der Waals surface area contributed by atoms with Crippen LogP contribution in [0, 0.1) is 11.8 Å². The molecule has 0 aliphatic carbocycles. The third-order valence-corrected chi connectivity index (χ3v) is 6.11. The average Bonchev–Trinajstić information content (AvgIpc) is 3.26. The summed E-state index contributed by atoms with van der Waals surface area (Å²) in [6, 6.07) is 12.4. The van der Waals surface area contributed by atoms with Crippen molar-refractivity contribution in [1.82, 2.24) is 14.8 Å². The molecule has 4 heterocycles. The van der Waals surface area contributed by atoms with Crippen molar-refractivity contribution in [1.29, 1.82) is 0 Å². The zero-order chi connectivity index (χ0) is 18.9. The van der Waals surface area contributed by atoms with E-state index in [1.54, 1.807) is 6.20 Å². The molecule has 2 saturated heterocycles. The maximum absolute atomic E-state index is 10.7. The molecule has 0 N–H and O–H groups in total. The zero-order valence-electron chi connectivity index (χ0n) is 15.9. The minimum absolute atomic E-state index is 0.119. The molecule has 2 unspecified atom stereocenters. The number of hydrogen-bond acceptors (Lipinski definition) is 6. The van der Waals surface area contributed by atoms with E-state index in [0.29, 0.717) is 36.6 Å². The lowest BCUT2D eigenvalue weighted by molar-refractivity contribution is -0.108. The maximum Gasteiger partial charge on any atom is 0.257 e. The highest BCUT2D eigenvalue weighted by atomic mass is 16.6. The van der Waals surface area contributed by atoms with Crippen LogP contribution in [0.2, 0.25) is 0 Å². The topological polar surface area (TPSA) is 54.9 Å². The number of pyridine rings is 1. The summed E-state index contributed by atoms with van der Waals surface area (Å²) in [6.45, 7) is 6.45. The number of rotatable bonds is 5. The van der Waals surface area contributed by atoms with Crippen LogP contribution in [0.15, 0.2) is 42.6 Å². The quantitative estimate of drug-likeness (QED) is 0.742. The molecule has 0 amide bonds. The van der Waals surface area contributed by atoms with Crippen LogP contribution >= 0.6 is 0 Å². The molecule has 1 aromatic heterocycles. The predicted octanol–water partition coefficient (Wildman–Crippen LogP) is 2.16. The van der Waals surface area contributed by atoms with Crippen molar-refractivity contribution in [2.75, 3.05) is 39.3 Å². The molecule has 0 saturated carbocycles. The Bertz CT molecular complexity index is 827. The molecular weight excluding hydrogens is 354 g/mol. The van der Waals surface area contributed by atoms with E-state index < -0.39 is 0 Å². The van der Waals surface area contributed by atoms with Crippen molar-refractivity contribution in [3.05, 3.63) is 53.7 Å². The van der Waals surface area contributed by atoms with Crippen LogP contribution in [-0.4, -0.2) is 60.4 Å². The van der Waals surface area contributed by atoms with Gasteiger partial charge in [-0.1, -0.05) is 24.3 Å². The van der Waals surface area contributed by atoms with Crippen molar-refractivity contribution in [3.63, 3.8) is 0 Å². The third kappa shape index (κ3) is 3.50. The minimum Gasteiger partial charge on any atom is -0.484 e.